The molecule has 0 amide bonds. The number of rotatable bonds is 4. The number of benzene rings is 2. The van der Waals surface area contributed by atoms with Gasteiger partial charge in [0.05, 0.1) is 11.3 Å². The zero-order valence-corrected chi connectivity index (χ0v) is 10.7. The van der Waals surface area contributed by atoms with Crippen molar-refractivity contribution in [3.05, 3.63) is 64.9 Å². The van der Waals surface area contributed by atoms with E-state index in [4.69, 9.17) is 9.94 Å². The molecule has 0 unspecified atom stereocenters. The van der Waals surface area contributed by atoms with Gasteiger partial charge in [-0.15, -0.1) is 0 Å². The Morgan fingerprint density at radius 3 is 2.33 bits per heavy atom. The number of nitrogens with zero attached hydrogens (tertiary/aromatic N) is 1. The summed E-state index contributed by atoms with van der Waals surface area (Å²) in [4.78, 5) is 0. The van der Waals surface area contributed by atoms with Crippen LogP contribution in [0.1, 0.15) is 11.1 Å². The summed E-state index contributed by atoms with van der Waals surface area (Å²) >= 11 is 0. The third kappa shape index (κ3) is 3.87. The summed E-state index contributed by atoms with van der Waals surface area (Å²) in [5, 5.41) is 18.7. The average Bonchev–Trinajstić information content (AvgIpc) is 2.45. The van der Waals surface area contributed by atoms with E-state index in [1.165, 1.54) is 0 Å². The molecule has 0 aliphatic carbocycles. The molecule has 0 saturated carbocycles. The standard InChI is InChI=1S/C14H11F3NO3/c15-14(16,17)12-8-11(18(19)20)6-7-13(12)21-9-10-4-2-1-3-5-10/h1-8,19H,9H2/q-1. The highest BCUT2D eigenvalue weighted by Crippen LogP contribution is 2.38. The Hall–Kier alpha value is -2.25. The fourth-order valence-electron chi connectivity index (χ4n) is 1.72. The fraction of sp³-hybridized carbons (Fsp3) is 0.143. The molecule has 112 valence electrons. The topological polar surface area (TPSA) is 55.8 Å². The molecule has 0 aliphatic rings. The lowest BCUT2D eigenvalue weighted by Crippen LogP contribution is -2.12. The van der Waals surface area contributed by atoms with Crippen molar-refractivity contribution < 1.29 is 23.1 Å². The second kappa shape index (κ2) is 6.02. The maximum atomic E-state index is 12.9. The molecule has 1 N–H and O–H groups in total. The Balaban J connectivity index is 2.26. The van der Waals surface area contributed by atoms with Gasteiger partial charge < -0.3 is 15.2 Å². The third-order valence-electron chi connectivity index (χ3n) is 2.73. The van der Waals surface area contributed by atoms with E-state index < -0.39 is 28.4 Å². The molecule has 0 radical (unpaired) electrons. The van der Waals surface area contributed by atoms with E-state index in [1.54, 1.807) is 30.3 Å². The van der Waals surface area contributed by atoms with Crippen LogP contribution in [-0.2, 0) is 12.8 Å². The first-order valence-corrected chi connectivity index (χ1v) is 5.92. The Morgan fingerprint density at radius 1 is 1.10 bits per heavy atom. The van der Waals surface area contributed by atoms with Gasteiger partial charge in [-0.3, -0.25) is 5.21 Å². The maximum absolute atomic E-state index is 12.9. The zero-order chi connectivity index (χ0) is 15.5. The minimum absolute atomic E-state index is 0.0382. The molecule has 0 saturated heterocycles. The van der Waals surface area contributed by atoms with Gasteiger partial charge in [-0.25, -0.2) is 0 Å². The van der Waals surface area contributed by atoms with Gasteiger partial charge >= 0.3 is 6.18 Å². The van der Waals surface area contributed by atoms with Gasteiger partial charge in [-0.2, -0.15) is 13.2 Å². The number of hydrogen-bond acceptors (Lipinski definition) is 4. The highest BCUT2D eigenvalue weighted by molar-refractivity contribution is 5.52. The first-order chi connectivity index (χ1) is 9.88. The van der Waals surface area contributed by atoms with Crippen LogP contribution in [-0.4, -0.2) is 5.21 Å². The predicted octanol–water partition coefficient (Wildman–Crippen LogP) is 3.98. The summed E-state index contributed by atoms with van der Waals surface area (Å²) in [5.74, 6) is -0.406. The fourth-order valence-corrected chi connectivity index (χ4v) is 1.72. The molecule has 0 aromatic heterocycles. The van der Waals surface area contributed by atoms with Crippen LogP contribution in [0.25, 0.3) is 0 Å². The van der Waals surface area contributed by atoms with E-state index in [-0.39, 0.29) is 6.61 Å². The normalized spacial score (nSPS) is 11.3. The lowest BCUT2D eigenvalue weighted by molar-refractivity contribution is -0.139. The molecule has 0 heterocycles. The summed E-state index contributed by atoms with van der Waals surface area (Å²) in [6.45, 7) is -0.0382. The molecule has 0 spiro atoms. The van der Waals surface area contributed by atoms with Crippen LogP contribution in [0.3, 0.4) is 0 Å². The van der Waals surface area contributed by atoms with Crippen LogP contribution < -0.4 is 9.96 Å². The molecule has 2 aromatic rings. The average molecular weight is 298 g/mol. The predicted molar refractivity (Wildman–Crippen MR) is 69.9 cm³/mol. The summed E-state index contributed by atoms with van der Waals surface area (Å²) < 4.78 is 44.0. The van der Waals surface area contributed by atoms with Crippen molar-refractivity contribution in [1.82, 2.24) is 0 Å². The van der Waals surface area contributed by atoms with Gasteiger partial charge in [0.2, 0.25) is 0 Å². The number of alkyl halides is 3. The lowest BCUT2D eigenvalue weighted by Gasteiger charge is -2.23. The van der Waals surface area contributed by atoms with Gasteiger partial charge in [0.1, 0.15) is 12.4 Å². The Bertz CT molecular complexity index is 600. The largest absolute Gasteiger partial charge is 0.733 e. The van der Waals surface area contributed by atoms with Gasteiger partial charge in [-0.1, -0.05) is 30.3 Å². The second-order valence-corrected chi connectivity index (χ2v) is 4.23. The monoisotopic (exact) mass is 298 g/mol. The van der Waals surface area contributed by atoms with Crippen molar-refractivity contribution in [2.75, 3.05) is 5.23 Å². The van der Waals surface area contributed by atoms with Crippen molar-refractivity contribution in [3.8, 4) is 5.75 Å². The van der Waals surface area contributed by atoms with Crippen LogP contribution in [0.2, 0.25) is 0 Å². The molecular weight excluding hydrogens is 287 g/mol. The Morgan fingerprint density at radius 2 is 1.76 bits per heavy atom. The van der Waals surface area contributed by atoms with Crippen LogP contribution in [0.4, 0.5) is 18.9 Å². The van der Waals surface area contributed by atoms with E-state index >= 15 is 0 Å². The smallest absolute Gasteiger partial charge is 0.420 e. The zero-order valence-electron chi connectivity index (χ0n) is 10.7. The Kier molecular flexibility index (Phi) is 4.35. The van der Waals surface area contributed by atoms with Crippen molar-refractivity contribution in [2.45, 2.75) is 12.8 Å². The van der Waals surface area contributed by atoms with Crippen molar-refractivity contribution in [3.63, 3.8) is 0 Å². The minimum Gasteiger partial charge on any atom is -0.733 e. The summed E-state index contributed by atoms with van der Waals surface area (Å²) in [6, 6.07) is 11.3. The number of hydrogen-bond donors (Lipinski definition) is 1. The highest BCUT2D eigenvalue weighted by Gasteiger charge is 2.34. The number of ether oxygens (including phenoxy) is 1. The van der Waals surface area contributed by atoms with Gasteiger partial charge in [0, 0.05) is 0 Å². The molecule has 7 heteroatoms. The summed E-state index contributed by atoms with van der Waals surface area (Å²) in [7, 11) is 0. The van der Waals surface area contributed by atoms with E-state index in [2.05, 4.69) is 0 Å². The second-order valence-electron chi connectivity index (χ2n) is 4.23. The van der Waals surface area contributed by atoms with E-state index in [0.29, 0.717) is 11.6 Å². The quantitative estimate of drug-likeness (QED) is 0.867. The highest BCUT2D eigenvalue weighted by atomic mass is 19.4. The SMILES string of the molecule is [O-]N(O)c1ccc(OCc2ccccc2)c(C(F)(F)F)c1. The van der Waals surface area contributed by atoms with E-state index in [0.717, 1.165) is 12.1 Å². The van der Waals surface area contributed by atoms with Gasteiger partial charge in [0.25, 0.3) is 0 Å². The lowest BCUT2D eigenvalue weighted by atomic mass is 10.1. The van der Waals surface area contributed by atoms with Crippen LogP contribution in [0, 0.1) is 5.21 Å². The van der Waals surface area contributed by atoms with E-state index in [9.17, 15) is 18.4 Å². The first-order valence-electron chi connectivity index (χ1n) is 5.92. The molecule has 0 aliphatic heterocycles. The van der Waals surface area contributed by atoms with Crippen LogP contribution >= 0.6 is 0 Å². The van der Waals surface area contributed by atoms with Crippen LogP contribution in [0.15, 0.2) is 48.5 Å². The first kappa shape index (κ1) is 15.1. The summed E-state index contributed by atoms with van der Waals surface area (Å²) in [6.07, 6.45) is -4.70. The number of anilines is 1. The van der Waals surface area contributed by atoms with Crippen molar-refractivity contribution in [2.24, 2.45) is 0 Å². The Labute approximate surface area is 118 Å². The van der Waals surface area contributed by atoms with Crippen LogP contribution in [0.5, 0.6) is 5.75 Å². The van der Waals surface area contributed by atoms with Crippen molar-refractivity contribution in [1.29, 1.82) is 0 Å². The summed E-state index contributed by atoms with van der Waals surface area (Å²) in [5.41, 5.74) is -0.928. The van der Waals surface area contributed by atoms with E-state index in [1.807, 2.05) is 0 Å². The maximum Gasteiger partial charge on any atom is 0.420 e. The van der Waals surface area contributed by atoms with Gasteiger partial charge in [0.15, 0.2) is 0 Å². The molecular formula is C14H11F3NO3-. The third-order valence-corrected chi connectivity index (χ3v) is 2.73. The number of halogens is 3. The van der Waals surface area contributed by atoms with Gasteiger partial charge in [-0.05, 0) is 23.8 Å². The molecule has 0 fully saturated rings. The minimum atomic E-state index is -4.70. The molecule has 0 atom stereocenters. The molecule has 2 aromatic carbocycles. The van der Waals surface area contributed by atoms with Crippen molar-refractivity contribution >= 4 is 5.69 Å². The molecule has 2 rings (SSSR count). The molecule has 0 bridgehead atoms. The molecule has 21 heavy (non-hydrogen) atoms. The molecule has 4 nitrogen and oxygen atoms in total.